The molecule has 0 saturated carbocycles. The summed E-state index contributed by atoms with van der Waals surface area (Å²) in [6, 6.07) is 3.65. The fourth-order valence-corrected chi connectivity index (χ4v) is 7.10. The van der Waals surface area contributed by atoms with E-state index in [1.165, 1.54) is 0 Å². The number of nitrogens with zero attached hydrogens (tertiary/aromatic N) is 7. The molecular formula is C34H41F2N7O2. The van der Waals surface area contributed by atoms with Crippen molar-refractivity contribution in [1.29, 1.82) is 0 Å². The molecule has 11 heteroatoms. The second-order valence-corrected chi connectivity index (χ2v) is 12.4. The van der Waals surface area contributed by atoms with Crippen molar-refractivity contribution in [2.24, 2.45) is 7.05 Å². The maximum atomic E-state index is 14.5. The molecule has 0 radical (unpaired) electrons. The lowest BCUT2D eigenvalue weighted by molar-refractivity contribution is -0.132. The molecule has 2 amide bonds. The number of hydrogen-bond donors (Lipinski definition) is 0. The van der Waals surface area contributed by atoms with Crippen molar-refractivity contribution in [1.82, 2.24) is 29.4 Å². The summed E-state index contributed by atoms with van der Waals surface area (Å²) in [5, 5.41) is 9.42. The van der Waals surface area contributed by atoms with Gasteiger partial charge in [-0.1, -0.05) is 0 Å². The van der Waals surface area contributed by atoms with Crippen molar-refractivity contribution in [3.8, 4) is 23.5 Å². The Morgan fingerprint density at radius 3 is 2.58 bits per heavy atom. The molecule has 3 aliphatic rings. The molecule has 2 aromatic heterocycles. The number of fused-ring (bicyclic) bond motifs is 2. The molecule has 0 N–H and O–H groups in total. The SMILES string of the molecule is C#CCCCCC(=O)N1CCC(n2nc(N3CCCc4cc(-c5cnn(C)c5)c(C(F)F)cc43)c3c2CCN(C(C)=O)C3)CC1. The number of alkyl halides is 2. The molecule has 0 atom stereocenters. The lowest BCUT2D eigenvalue weighted by Crippen LogP contribution is -2.40. The Balaban J connectivity index is 1.32. The third kappa shape index (κ3) is 6.20. The predicted molar refractivity (Wildman–Crippen MR) is 168 cm³/mol. The van der Waals surface area contributed by atoms with E-state index in [1.807, 2.05) is 15.9 Å². The molecule has 1 aromatic carbocycles. The van der Waals surface area contributed by atoms with Gasteiger partial charge < -0.3 is 14.7 Å². The normalized spacial score (nSPS) is 16.9. The first-order chi connectivity index (χ1) is 21.7. The lowest BCUT2D eigenvalue weighted by Gasteiger charge is -2.34. The molecule has 3 aliphatic heterocycles. The maximum absolute atomic E-state index is 14.5. The van der Waals surface area contributed by atoms with Crippen molar-refractivity contribution < 1.29 is 18.4 Å². The van der Waals surface area contributed by atoms with Crippen molar-refractivity contribution in [3.05, 3.63) is 46.9 Å². The second kappa shape index (κ2) is 13.0. The van der Waals surface area contributed by atoms with Gasteiger partial charge in [0.1, 0.15) is 0 Å². The lowest BCUT2D eigenvalue weighted by atomic mass is 9.92. The first-order valence-corrected chi connectivity index (χ1v) is 16.0. The van der Waals surface area contributed by atoms with Gasteiger partial charge in [0.05, 0.1) is 18.8 Å². The molecule has 0 spiro atoms. The monoisotopic (exact) mass is 617 g/mol. The summed E-state index contributed by atoms with van der Waals surface area (Å²) in [6.45, 7) is 4.63. The summed E-state index contributed by atoms with van der Waals surface area (Å²) in [4.78, 5) is 31.1. The number of terminal acetylenes is 1. The van der Waals surface area contributed by atoms with E-state index in [0.717, 1.165) is 66.9 Å². The smallest absolute Gasteiger partial charge is 0.264 e. The van der Waals surface area contributed by atoms with Crippen LogP contribution in [0.15, 0.2) is 24.5 Å². The Kier molecular flexibility index (Phi) is 8.92. The van der Waals surface area contributed by atoms with Gasteiger partial charge in [-0.05, 0) is 61.8 Å². The number of benzene rings is 1. The van der Waals surface area contributed by atoms with Crippen molar-refractivity contribution >= 4 is 23.3 Å². The highest BCUT2D eigenvalue weighted by Gasteiger charge is 2.35. The number of halogens is 2. The van der Waals surface area contributed by atoms with E-state index < -0.39 is 6.43 Å². The van der Waals surface area contributed by atoms with Crippen LogP contribution in [0.3, 0.4) is 0 Å². The number of aryl methyl sites for hydroxylation is 2. The number of rotatable bonds is 8. The molecule has 0 aliphatic carbocycles. The number of aromatic nitrogens is 4. The fourth-order valence-electron chi connectivity index (χ4n) is 7.10. The highest BCUT2D eigenvalue weighted by Crippen LogP contribution is 2.43. The fraction of sp³-hybridized carbons (Fsp3) is 0.529. The number of unbranched alkanes of at least 4 members (excludes halogenated alkanes) is 2. The molecule has 5 heterocycles. The van der Waals surface area contributed by atoms with E-state index in [9.17, 15) is 18.4 Å². The Labute approximate surface area is 263 Å². The molecule has 1 fully saturated rings. The van der Waals surface area contributed by atoms with Gasteiger partial charge in [-0.2, -0.15) is 10.2 Å². The second-order valence-electron chi connectivity index (χ2n) is 12.4. The van der Waals surface area contributed by atoms with Crippen LogP contribution in [0.4, 0.5) is 20.3 Å². The summed E-state index contributed by atoms with van der Waals surface area (Å²) in [7, 11) is 1.78. The number of hydrogen-bond acceptors (Lipinski definition) is 5. The molecular weight excluding hydrogens is 576 g/mol. The third-order valence-electron chi connectivity index (χ3n) is 9.51. The largest absolute Gasteiger partial charge is 0.343 e. The van der Waals surface area contributed by atoms with Crippen molar-refractivity contribution in [3.63, 3.8) is 0 Å². The summed E-state index contributed by atoms with van der Waals surface area (Å²) in [5.74, 6) is 3.56. The standard InChI is InChI=1S/C34H41F2N7O2/c1-4-5-6-7-10-32(45)40-15-11-26(12-16-40)43-30-13-17-41(23(2)44)22-29(30)34(38-43)42-14-8-9-24-18-27(25-20-37-39(3)21-25)28(33(35)36)19-31(24)42/h1,18-21,26,33H,5-17,22H2,2-3H3. The Hall–Kier alpha value is -4.20. The molecule has 0 bridgehead atoms. The zero-order valence-electron chi connectivity index (χ0n) is 26.1. The Bertz CT molecular complexity index is 1610. The van der Waals surface area contributed by atoms with Crippen LogP contribution in [0, 0.1) is 12.3 Å². The Morgan fingerprint density at radius 2 is 1.89 bits per heavy atom. The van der Waals surface area contributed by atoms with E-state index >= 15 is 0 Å². The minimum atomic E-state index is -2.65. The van der Waals surface area contributed by atoms with Crippen LogP contribution in [-0.2, 0) is 36.0 Å². The van der Waals surface area contributed by atoms with Crippen LogP contribution in [0.2, 0.25) is 0 Å². The summed E-state index contributed by atoms with van der Waals surface area (Å²) in [5.41, 5.74) is 5.00. The van der Waals surface area contributed by atoms with Crippen LogP contribution in [0.1, 0.15) is 86.7 Å². The van der Waals surface area contributed by atoms with Crippen molar-refractivity contribution in [2.75, 3.05) is 31.1 Å². The maximum Gasteiger partial charge on any atom is 0.264 e. The van der Waals surface area contributed by atoms with Gasteiger partial charge in [0.2, 0.25) is 11.8 Å². The summed E-state index contributed by atoms with van der Waals surface area (Å²) < 4.78 is 32.8. The van der Waals surface area contributed by atoms with Crippen LogP contribution in [-0.4, -0.2) is 67.4 Å². The van der Waals surface area contributed by atoms with E-state index in [2.05, 4.69) is 20.6 Å². The van der Waals surface area contributed by atoms with Crippen molar-refractivity contribution in [2.45, 2.75) is 83.7 Å². The minimum absolute atomic E-state index is 0.00792. The number of carbonyl (C=O) groups excluding carboxylic acids is 2. The van der Waals surface area contributed by atoms with Gasteiger partial charge in [-0.15, -0.1) is 12.3 Å². The van der Waals surface area contributed by atoms with Crippen LogP contribution in [0.5, 0.6) is 0 Å². The molecule has 3 aromatic rings. The average molecular weight is 618 g/mol. The van der Waals surface area contributed by atoms with E-state index in [0.29, 0.717) is 63.1 Å². The first kappa shape index (κ1) is 30.8. The highest BCUT2D eigenvalue weighted by atomic mass is 19.3. The molecule has 1 saturated heterocycles. The molecule has 45 heavy (non-hydrogen) atoms. The summed E-state index contributed by atoms with van der Waals surface area (Å²) in [6.07, 6.45) is 12.9. The number of amides is 2. The van der Waals surface area contributed by atoms with Crippen LogP contribution < -0.4 is 4.90 Å². The number of piperidine rings is 1. The van der Waals surface area contributed by atoms with Crippen LogP contribution >= 0.6 is 0 Å². The number of carbonyl (C=O) groups is 2. The third-order valence-corrected chi connectivity index (χ3v) is 9.51. The van der Waals surface area contributed by atoms with Gasteiger partial charge in [0.25, 0.3) is 6.43 Å². The van der Waals surface area contributed by atoms with E-state index in [-0.39, 0.29) is 23.4 Å². The predicted octanol–water partition coefficient (Wildman–Crippen LogP) is 5.57. The van der Waals surface area contributed by atoms with Gasteiger partial charge in [0, 0.05) is 93.7 Å². The highest BCUT2D eigenvalue weighted by molar-refractivity contribution is 5.78. The van der Waals surface area contributed by atoms with E-state index in [4.69, 9.17) is 11.5 Å². The average Bonchev–Trinajstić information content (AvgIpc) is 3.65. The zero-order chi connectivity index (χ0) is 31.7. The number of anilines is 2. The van der Waals surface area contributed by atoms with Gasteiger partial charge in [0.15, 0.2) is 5.82 Å². The summed E-state index contributed by atoms with van der Waals surface area (Å²) >= 11 is 0. The minimum Gasteiger partial charge on any atom is -0.343 e. The molecule has 0 unspecified atom stereocenters. The van der Waals surface area contributed by atoms with Gasteiger partial charge in [-0.25, -0.2) is 8.78 Å². The van der Waals surface area contributed by atoms with Gasteiger partial charge >= 0.3 is 0 Å². The first-order valence-electron chi connectivity index (χ1n) is 16.0. The molecule has 9 nitrogen and oxygen atoms in total. The van der Waals surface area contributed by atoms with Gasteiger partial charge in [-0.3, -0.25) is 19.0 Å². The van der Waals surface area contributed by atoms with Crippen LogP contribution in [0.25, 0.3) is 11.1 Å². The number of likely N-dealkylation sites (tertiary alicyclic amines) is 1. The zero-order valence-corrected chi connectivity index (χ0v) is 26.1. The molecule has 6 rings (SSSR count). The quantitative estimate of drug-likeness (QED) is 0.244. The Morgan fingerprint density at radius 1 is 1.09 bits per heavy atom. The van der Waals surface area contributed by atoms with E-state index in [1.54, 1.807) is 37.1 Å². The molecule has 238 valence electrons. The topological polar surface area (TPSA) is 79.5 Å².